The zero-order chi connectivity index (χ0) is 10.7. The van der Waals surface area contributed by atoms with Crippen LogP contribution in [0.3, 0.4) is 0 Å². The fourth-order valence-electron chi connectivity index (χ4n) is 1.26. The van der Waals surface area contributed by atoms with Gasteiger partial charge in [0.15, 0.2) is 0 Å². The van der Waals surface area contributed by atoms with Crippen LogP contribution in [0.2, 0.25) is 0 Å². The molecule has 1 N–H and O–H groups in total. The lowest BCUT2D eigenvalue weighted by Gasteiger charge is -2.03. The van der Waals surface area contributed by atoms with Crippen molar-refractivity contribution in [2.75, 3.05) is 5.32 Å². The smallest absolute Gasteiger partial charge is 0.127 e. The zero-order valence-corrected chi connectivity index (χ0v) is 9.90. The summed E-state index contributed by atoms with van der Waals surface area (Å²) in [6.07, 6.45) is 3.82. The second kappa shape index (κ2) is 4.44. The number of aromatic nitrogens is 3. The molecule has 0 fully saturated rings. The van der Waals surface area contributed by atoms with Gasteiger partial charge in [0.1, 0.15) is 10.4 Å². The molecule has 0 unspecified atom stereocenters. The van der Waals surface area contributed by atoms with Gasteiger partial charge in [-0.05, 0) is 28.1 Å². The summed E-state index contributed by atoms with van der Waals surface area (Å²) in [7, 11) is 1.90. The first kappa shape index (κ1) is 10.2. The van der Waals surface area contributed by atoms with Gasteiger partial charge in [0.25, 0.3) is 0 Å². The first-order chi connectivity index (χ1) is 7.24. The van der Waals surface area contributed by atoms with Gasteiger partial charge < -0.3 is 5.32 Å². The van der Waals surface area contributed by atoms with Crippen LogP contribution in [-0.2, 0) is 13.6 Å². The molecule has 0 amide bonds. The third-order valence-corrected chi connectivity index (χ3v) is 2.39. The minimum absolute atomic E-state index is 0.733. The van der Waals surface area contributed by atoms with Gasteiger partial charge in [-0.15, -0.1) is 0 Å². The SMILES string of the molecule is Cn1cc(CNc2cccc(Br)n2)cn1. The van der Waals surface area contributed by atoms with Crippen LogP contribution < -0.4 is 5.32 Å². The third kappa shape index (κ3) is 2.79. The Kier molecular flexibility index (Phi) is 3.01. The lowest BCUT2D eigenvalue weighted by Crippen LogP contribution is -2.00. The van der Waals surface area contributed by atoms with Gasteiger partial charge in [0.2, 0.25) is 0 Å². The molecule has 2 aromatic rings. The molecule has 2 rings (SSSR count). The van der Waals surface area contributed by atoms with Crippen LogP contribution in [0.4, 0.5) is 5.82 Å². The number of hydrogen-bond donors (Lipinski definition) is 1. The molecule has 15 heavy (non-hydrogen) atoms. The Morgan fingerprint density at radius 3 is 3.00 bits per heavy atom. The largest absolute Gasteiger partial charge is 0.366 e. The summed E-state index contributed by atoms with van der Waals surface area (Å²) in [6, 6.07) is 5.78. The van der Waals surface area contributed by atoms with Crippen molar-refractivity contribution in [1.82, 2.24) is 14.8 Å². The van der Waals surface area contributed by atoms with E-state index in [0.717, 1.165) is 22.5 Å². The van der Waals surface area contributed by atoms with Crippen LogP contribution in [-0.4, -0.2) is 14.8 Å². The Labute approximate surface area is 96.5 Å². The van der Waals surface area contributed by atoms with Gasteiger partial charge >= 0.3 is 0 Å². The average Bonchev–Trinajstić information content (AvgIpc) is 2.62. The first-order valence-corrected chi connectivity index (χ1v) is 5.37. The second-order valence-electron chi connectivity index (χ2n) is 3.22. The van der Waals surface area contributed by atoms with Crippen LogP contribution in [0, 0.1) is 0 Å². The van der Waals surface area contributed by atoms with Crippen molar-refractivity contribution in [2.24, 2.45) is 7.05 Å². The molecule has 0 saturated carbocycles. The summed E-state index contributed by atoms with van der Waals surface area (Å²) in [5.74, 6) is 0.855. The molecule has 0 aromatic carbocycles. The Bertz CT molecular complexity index is 452. The van der Waals surface area contributed by atoms with E-state index in [9.17, 15) is 0 Å². The Morgan fingerprint density at radius 2 is 2.33 bits per heavy atom. The average molecular weight is 267 g/mol. The van der Waals surface area contributed by atoms with Gasteiger partial charge in [-0.25, -0.2) is 4.98 Å². The number of hydrogen-bond acceptors (Lipinski definition) is 3. The van der Waals surface area contributed by atoms with E-state index in [0.29, 0.717) is 0 Å². The molecular weight excluding hydrogens is 256 g/mol. The standard InChI is InChI=1S/C10H11BrN4/c1-15-7-8(6-13-15)5-12-10-4-2-3-9(11)14-10/h2-4,6-7H,5H2,1H3,(H,12,14). The molecule has 0 aliphatic rings. The molecule has 0 saturated heterocycles. The number of nitrogens with one attached hydrogen (secondary N) is 1. The van der Waals surface area contributed by atoms with E-state index in [1.807, 2.05) is 37.6 Å². The molecule has 0 radical (unpaired) electrons. The number of aryl methyl sites for hydroxylation is 1. The monoisotopic (exact) mass is 266 g/mol. The van der Waals surface area contributed by atoms with Crippen LogP contribution >= 0.6 is 15.9 Å². The van der Waals surface area contributed by atoms with Crippen molar-refractivity contribution < 1.29 is 0 Å². The first-order valence-electron chi connectivity index (χ1n) is 4.58. The van der Waals surface area contributed by atoms with Crippen LogP contribution in [0.15, 0.2) is 35.2 Å². The number of pyridine rings is 1. The van der Waals surface area contributed by atoms with Crippen molar-refractivity contribution in [2.45, 2.75) is 6.54 Å². The number of halogens is 1. The lowest BCUT2D eigenvalue weighted by molar-refractivity contribution is 0.767. The molecular formula is C10H11BrN4. The fraction of sp³-hybridized carbons (Fsp3) is 0.200. The van der Waals surface area contributed by atoms with Crippen molar-refractivity contribution >= 4 is 21.7 Å². The molecule has 0 aliphatic heterocycles. The van der Waals surface area contributed by atoms with E-state index >= 15 is 0 Å². The van der Waals surface area contributed by atoms with Gasteiger partial charge in [-0.2, -0.15) is 5.10 Å². The summed E-state index contributed by atoms with van der Waals surface area (Å²) in [5.41, 5.74) is 1.14. The maximum absolute atomic E-state index is 4.27. The van der Waals surface area contributed by atoms with Crippen LogP contribution in [0.1, 0.15) is 5.56 Å². The predicted octanol–water partition coefficient (Wildman–Crippen LogP) is 2.19. The van der Waals surface area contributed by atoms with E-state index in [-0.39, 0.29) is 0 Å². The quantitative estimate of drug-likeness (QED) is 0.867. The third-order valence-electron chi connectivity index (χ3n) is 1.95. The van der Waals surface area contributed by atoms with Gasteiger partial charge in [-0.1, -0.05) is 6.07 Å². The highest BCUT2D eigenvalue weighted by Crippen LogP contribution is 2.10. The normalized spacial score (nSPS) is 10.3. The van der Waals surface area contributed by atoms with Gasteiger partial charge in [0.05, 0.1) is 6.20 Å². The molecule has 0 spiro atoms. The van der Waals surface area contributed by atoms with Crippen LogP contribution in [0.25, 0.3) is 0 Å². The van der Waals surface area contributed by atoms with E-state index in [1.165, 1.54) is 0 Å². The number of nitrogens with zero attached hydrogens (tertiary/aromatic N) is 3. The minimum atomic E-state index is 0.733. The summed E-state index contributed by atoms with van der Waals surface area (Å²) >= 11 is 3.32. The van der Waals surface area contributed by atoms with Crippen molar-refractivity contribution in [3.05, 3.63) is 40.8 Å². The van der Waals surface area contributed by atoms with Crippen molar-refractivity contribution in [3.8, 4) is 0 Å². The highest BCUT2D eigenvalue weighted by Gasteiger charge is 1.97. The van der Waals surface area contributed by atoms with E-state index < -0.39 is 0 Å². The van der Waals surface area contributed by atoms with Crippen LogP contribution in [0.5, 0.6) is 0 Å². The van der Waals surface area contributed by atoms with E-state index in [2.05, 4.69) is 31.3 Å². The molecule has 0 aliphatic carbocycles. The number of anilines is 1. The fourth-order valence-corrected chi connectivity index (χ4v) is 1.61. The van der Waals surface area contributed by atoms with Crippen molar-refractivity contribution in [3.63, 3.8) is 0 Å². The summed E-state index contributed by atoms with van der Waals surface area (Å²) in [4.78, 5) is 4.27. The Hall–Kier alpha value is -1.36. The molecule has 0 atom stereocenters. The van der Waals surface area contributed by atoms with Gasteiger partial charge in [-0.3, -0.25) is 4.68 Å². The minimum Gasteiger partial charge on any atom is -0.366 e. The molecule has 78 valence electrons. The van der Waals surface area contributed by atoms with Gasteiger partial charge in [0, 0.05) is 25.4 Å². The highest BCUT2D eigenvalue weighted by molar-refractivity contribution is 9.10. The molecule has 2 heterocycles. The zero-order valence-electron chi connectivity index (χ0n) is 8.31. The molecule has 2 aromatic heterocycles. The van der Waals surface area contributed by atoms with Crippen molar-refractivity contribution in [1.29, 1.82) is 0 Å². The highest BCUT2D eigenvalue weighted by atomic mass is 79.9. The number of rotatable bonds is 3. The van der Waals surface area contributed by atoms with E-state index in [4.69, 9.17) is 0 Å². The predicted molar refractivity (Wildman–Crippen MR) is 62.5 cm³/mol. The maximum Gasteiger partial charge on any atom is 0.127 e. The molecule has 4 nitrogen and oxygen atoms in total. The maximum atomic E-state index is 4.27. The summed E-state index contributed by atoms with van der Waals surface area (Å²) in [6.45, 7) is 0.733. The molecule has 0 bridgehead atoms. The lowest BCUT2D eigenvalue weighted by atomic mass is 10.3. The second-order valence-corrected chi connectivity index (χ2v) is 4.03. The Morgan fingerprint density at radius 1 is 1.47 bits per heavy atom. The topological polar surface area (TPSA) is 42.7 Å². The summed E-state index contributed by atoms with van der Waals surface area (Å²) < 4.78 is 2.62. The Balaban J connectivity index is 1.99. The van der Waals surface area contributed by atoms with E-state index in [1.54, 1.807) is 4.68 Å². The molecule has 5 heteroatoms. The summed E-state index contributed by atoms with van der Waals surface area (Å²) in [5, 5.41) is 7.31.